The molecule has 48 heavy (non-hydrogen) atoms. The lowest BCUT2D eigenvalue weighted by molar-refractivity contribution is -0.142. The number of carbonyl (C=O) groups excluding carboxylic acids is 3. The van der Waals surface area contributed by atoms with Crippen LogP contribution in [-0.2, 0) is 22.4 Å². The standard InChI is InChI=1S/C35H47N9O4/c1-24-21-25(22-30-32(24)38-39-37-30)23-31(33(45)42-12-8-27(9-13-42)41-19-17-40(2)18-20-41)48-35(47)43-14-10-28(11-15-43)44-16-7-26-5-3-4-6-29(26)36-34(44)46/h3-6,21-22,27-28,31H,7-20,23H2,1-2H3,(H,36,46)(H,37,38,39). The van der Waals surface area contributed by atoms with E-state index in [0.717, 1.165) is 78.9 Å². The molecule has 3 aromatic rings. The fraction of sp³-hybridized carbons (Fsp3) is 0.571. The van der Waals surface area contributed by atoms with Crippen molar-refractivity contribution < 1.29 is 19.1 Å². The molecule has 0 aliphatic carbocycles. The minimum atomic E-state index is -0.950. The zero-order valence-electron chi connectivity index (χ0n) is 28.1. The van der Waals surface area contributed by atoms with Gasteiger partial charge in [-0.15, -0.1) is 5.10 Å². The number of ether oxygens (including phenoxy) is 1. The van der Waals surface area contributed by atoms with Gasteiger partial charge in [0.1, 0.15) is 5.52 Å². The van der Waals surface area contributed by atoms with Crippen LogP contribution in [0.5, 0.6) is 0 Å². The van der Waals surface area contributed by atoms with E-state index in [0.29, 0.717) is 51.6 Å². The van der Waals surface area contributed by atoms with Crippen molar-refractivity contribution in [3.05, 3.63) is 53.1 Å². The van der Waals surface area contributed by atoms with Gasteiger partial charge < -0.3 is 29.7 Å². The Hall–Kier alpha value is -4.23. The maximum Gasteiger partial charge on any atom is 0.410 e. The third-order valence-corrected chi connectivity index (χ3v) is 10.8. The molecule has 5 heterocycles. The molecule has 256 valence electrons. The molecule has 4 aliphatic heterocycles. The monoisotopic (exact) mass is 657 g/mol. The second-order valence-corrected chi connectivity index (χ2v) is 13.8. The average molecular weight is 658 g/mol. The maximum absolute atomic E-state index is 14.1. The van der Waals surface area contributed by atoms with E-state index < -0.39 is 12.2 Å². The lowest BCUT2D eigenvalue weighted by atomic mass is 9.99. The van der Waals surface area contributed by atoms with Gasteiger partial charge in [0.25, 0.3) is 5.91 Å². The van der Waals surface area contributed by atoms with E-state index in [4.69, 9.17) is 4.74 Å². The molecule has 0 saturated carbocycles. The number of fused-ring (bicyclic) bond motifs is 2. The molecule has 13 nitrogen and oxygen atoms in total. The van der Waals surface area contributed by atoms with Gasteiger partial charge in [0.15, 0.2) is 6.10 Å². The van der Waals surface area contributed by atoms with E-state index in [2.05, 4.69) is 43.6 Å². The largest absolute Gasteiger partial charge is 0.436 e. The molecule has 0 radical (unpaired) electrons. The minimum absolute atomic E-state index is 0.0274. The second kappa shape index (κ2) is 14.1. The van der Waals surface area contributed by atoms with Crippen LogP contribution in [0.4, 0.5) is 15.3 Å². The molecule has 3 saturated heterocycles. The van der Waals surface area contributed by atoms with Crippen LogP contribution < -0.4 is 5.32 Å². The summed E-state index contributed by atoms with van der Waals surface area (Å²) in [6, 6.07) is 12.2. The number of para-hydroxylation sites is 1. The first kappa shape index (κ1) is 32.3. The van der Waals surface area contributed by atoms with Crippen molar-refractivity contribution in [2.75, 3.05) is 71.3 Å². The maximum atomic E-state index is 14.1. The highest BCUT2D eigenvalue weighted by molar-refractivity contribution is 5.91. The van der Waals surface area contributed by atoms with Gasteiger partial charge in [-0.05, 0) is 74.9 Å². The topological polar surface area (TPSA) is 130 Å². The molecule has 7 rings (SSSR count). The number of hydrogen-bond acceptors (Lipinski definition) is 8. The van der Waals surface area contributed by atoms with Crippen molar-refractivity contribution in [1.29, 1.82) is 0 Å². The SMILES string of the molecule is Cc1cc(CC(OC(=O)N2CCC(N3CCc4ccccc4NC3=O)CC2)C(=O)N2CCC(N3CCN(C)CC3)CC2)cc2nn[nH]c12. The Morgan fingerprint density at radius 3 is 2.40 bits per heavy atom. The van der Waals surface area contributed by atoms with Crippen LogP contribution in [0, 0.1) is 6.92 Å². The number of rotatable bonds is 6. The Morgan fingerprint density at radius 2 is 1.62 bits per heavy atom. The van der Waals surface area contributed by atoms with E-state index >= 15 is 0 Å². The van der Waals surface area contributed by atoms with E-state index in [1.165, 1.54) is 0 Å². The Morgan fingerprint density at radius 1 is 0.917 bits per heavy atom. The van der Waals surface area contributed by atoms with Crippen LogP contribution in [0.3, 0.4) is 0 Å². The van der Waals surface area contributed by atoms with Crippen LogP contribution >= 0.6 is 0 Å². The number of nitrogens with one attached hydrogen (secondary N) is 2. The Kier molecular flexibility index (Phi) is 9.49. The quantitative estimate of drug-likeness (QED) is 0.414. The van der Waals surface area contributed by atoms with Crippen molar-refractivity contribution in [2.45, 2.75) is 63.6 Å². The molecule has 1 aromatic heterocycles. The summed E-state index contributed by atoms with van der Waals surface area (Å²) in [5, 5.41) is 14.1. The molecule has 1 atom stereocenters. The third kappa shape index (κ3) is 6.98. The number of hydrogen-bond donors (Lipinski definition) is 2. The van der Waals surface area contributed by atoms with Crippen molar-refractivity contribution in [3.63, 3.8) is 0 Å². The van der Waals surface area contributed by atoms with Gasteiger partial charge in [-0.3, -0.25) is 14.8 Å². The van der Waals surface area contributed by atoms with Crippen molar-refractivity contribution in [2.24, 2.45) is 0 Å². The van der Waals surface area contributed by atoms with Crippen LogP contribution in [0.1, 0.15) is 42.4 Å². The number of aromatic amines is 1. The van der Waals surface area contributed by atoms with Gasteiger partial charge in [-0.1, -0.05) is 29.5 Å². The molecular formula is C35H47N9O4. The predicted octanol–water partition coefficient (Wildman–Crippen LogP) is 3.11. The molecule has 4 aliphatic rings. The van der Waals surface area contributed by atoms with Gasteiger partial charge in [0, 0.05) is 83.1 Å². The highest BCUT2D eigenvalue weighted by atomic mass is 16.6. The summed E-state index contributed by atoms with van der Waals surface area (Å²) in [5.74, 6) is -0.145. The number of nitrogens with zero attached hydrogens (tertiary/aromatic N) is 7. The number of carbonyl (C=O) groups is 3. The van der Waals surface area contributed by atoms with Gasteiger partial charge in [-0.2, -0.15) is 0 Å². The van der Waals surface area contributed by atoms with Crippen LogP contribution in [-0.4, -0.2) is 142 Å². The Balaban J connectivity index is 0.996. The fourth-order valence-corrected chi connectivity index (χ4v) is 7.84. The molecule has 13 heteroatoms. The smallest absolute Gasteiger partial charge is 0.410 e. The number of H-pyrrole nitrogens is 1. The number of amides is 4. The number of aryl methyl sites for hydroxylation is 1. The minimum Gasteiger partial charge on any atom is -0.436 e. The highest BCUT2D eigenvalue weighted by Gasteiger charge is 2.36. The zero-order valence-corrected chi connectivity index (χ0v) is 28.1. The van der Waals surface area contributed by atoms with E-state index in [-0.39, 0.29) is 24.4 Å². The molecule has 2 N–H and O–H groups in total. The van der Waals surface area contributed by atoms with Gasteiger partial charge in [0.05, 0.1) is 5.52 Å². The summed E-state index contributed by atoms with van der Waals surface area (Å²) in [7, 11) is 2.16. The summed E-state index contributed by atoms with van der Waals surface area (Å²) in [5.41, 5.74) is 5.42. The van der Waals surface area contributed by atoms with Crippen molar-refractivity contribution in [3.8, 4) is 0 Å². The lowest BCUT2D eigenvalue weighted by Crippen LogP contribution is -2.54. The Labute approximate surface area is 281 Å². The molecule has 3 fully saturated rings. The third-order valence-electron chi connectivity index (χ3n) is 10.8. The van der Waals surface area contributed by atoms with Gasteiger partial charge >= 0.3 is 12.1 Å². The number of likely N-dealkylation sites (N-methyl/N-ethyl adjacent to an activating group) is 1. The number of piperazine rings is 1. The molecule has 2 aromatic carbocycles. The molecule has 0 bridgehead atoms. The average Bonchev–Trinajstić information content (AvgIpc) is 3.52. The summed E-state index contributed by atoms with van der Waals surface area (Å²) in [4.78, 5) is 51.3. The molecular weight excluding hydrogens is 610 g/mol. The number of urea groups is 1. The first-order chi connectivity index (χ1) is 23.3. The number of likely N-dealkylation sites (tertiary alicyclic amines) is 2. The van der Waals surface area contributed by atoms with Gasteiger partial charge in [-0.25, -0.2) is 9.59 Å². The number of anilines is 1. The number of benzene rings is 2. The predicted molar refractivity (Wildman–Crippen MR) is 182 cm³/mol. The second-order valence-electron chi connectivity index (χ2n) is 13.8. The zero-order chi connectivity index (χ0) is 33.2. The van der Waals surface area contributed by atoms with Crippen LogP contribution in [0.25, 0.3) is 11.0 Å². The van der Waals surface area contributed by atoms with E-state index in [1.807, 2.05) is 47.1 Å². The first-order valence-electron chi connectivity index (χ1n) is 17.4. The first-order valence-corrected chi connectivity index (χ1v) is 17.4. The van der Waals surface area contributed by atoms with Crippen LogP contribution in [0.2, 0.25) is 0 Å². The highest BCUT2D eigenvalue weighted by Crippen LogP contribution is 2.26. The molecule has 4 amide bonds. The number of aromatic nitrogens is 3. The fourth-order valence-electron chi connectivity index (χ4n) is 7.84. The summed E-state index contributed by atoms with van der Waals surface area (Å²) in [6.07, 6.45) is 2.76. The van der Waals surface area contributed by atoms with Crippen molar-refractivity contribution in [1.82, 2.24) is 39.9 Å². The number of piperidine rings is 2. The van der Waals surface area contributed by atoms with Crippen LogP contribution in [0.15, 0.2) is 36.4 Å². The van der Waals surface area contributed by atoms with E-state index in [9.17, 15) is 14.4 Å². The van der Waals surface area contributed by atoms with Gasteiger partial charge in [0.2, 0.25) is 0 Å². The summed E-state index contributed by atoms with van der Waals surface area (Å²) in [6.45, 7) is 9.10. The molecule has 1 unspecified atom stereocenters. The molecule has 0 spiro atoms. The Bertz CT molecular complexity index is 1620. The summed E-state index contributed by atoms with van der Waals surface area (Å²) < 4.78 is 6.10. The lowest BCUT2D eigenvalue weighted by Gasteiger charge is -2.42. The normalized spacial score (nSPS) is 21.1. The van der Waals surface area contributed by atoms with Crippen molar-refractivity contribution >= 4 is 34.8 Å². The summed E-state index contributed by atoms with van der Waals surface area (Å²) >= 11 is 0. The van der Waals surface area contributed by atoms with E-state index in [1.54, 1.807) is 4.90 Å².